The zero-order valence-corrected chi connectivity index (χ0v) is 17.8. The van der Waals surface area contributed by atoms with Crippen LogP contribution in [0, 0.1) is 5.82 Å². The molecule has 2 aliphatic heterocycles. The predicted molar refractivity (Wildman–Crippen MR) is 111 cm³/mol. The third-order valence-corrected chi connectivity index (χ3v) is 5.46. The molecule has 0 radical (unpaired) electrons. The van der Waals surface area contributed by atoms with E-state index in [-0.39, 0.29) is 24.3 Å². The van der Waals surface area contributed by atoms with Gasteiger partial charge in [-0.1, -0.05) is 11.6 Å². The van der Waals surface area contributed by atoms with E-state index in [1.165, 1.54) is 31.4 Å². The molecule has 0 amide bonds. The van der Waals surface area contributed by atoms with Gasteiger partial charge in [-0.2, -0.15) is 0 Å². The summed E-state index contributed by atoms with van der Waals surface area (Å²) in [5.74, 6) is -2.84. The van der Waals surface area contributed by atoms with Gasteiger partial charge in [0.1, 0.15) is 17.6 Å². The van der Waals surface area contributed by atoms with Crippen LogP contribution in [-0.4, -0.2) is 64.2 Å². The Labute approximate surface area is 184 Å². The molecule has 4 rings (SSSR count). The molecule has 2 aliphatic rings. The number of piperidine rings is 1. The molecule has 0 spiro atoms. The molecule has 3 atom stereocenters. The molecule has 10 heteroatoms. The first-order valence-electron chi connectivity index (χ1n) is 10.5. The second-order valence-corrected chi connectivity index (χ2v) is 7.71. The van der Waals surface area contributed by atoms with E-state index in [2.05, 4.69) is 17.0 Å². The van der Waals surface area contributed by atoms with E-state index in [0.29, 0.717) is 24.3 Å². The zero-order valence-electron chi connectivity index (χ0n) is 17.8. The van der Waals surface area contributed by atoms with Gasteiger partial charge in [0.25, 0.3) is 0 Å². The van der Waals surface area contributed by atoms with Gasteiger partial charge in [-0.05, 0) is 45.0 Å². The molecule has 1 aromatic carbocycles. The number of nitrogens with zero attached hydrogens (tertiary/aromatic N) is 2. The Morgan fingerprint density at radius 1 is 1.19 bits per heavy atom. The van der Waals surface area contributed by atoms with E-state index in [4.69, 9.17) is 24.2 Å². The lowest BCUT2D eigenvalue weighted by Crippen LogP contribution is -2.48. The first kappa shape index (κ1) is 23.8. The van der Waals surface area contributed by atoms with Gasteiger partial charge in [-0.15, -0.1) is 0 Å². The summed E-state index contributed by atoms with van der Waals surface area (Å²) in [5, 5.41) is 20.6. The third-order valence-electron chi connectivity index (χ3n) is 5.46. The van der Waals surface area contributed by atoms with Gasteiger partial charge < -0.3 is 24.2 Å². The molecule has 9 nitrogen and oxygen atoms in total. The van der Waals surface area contributed by atoms with Crippen molar-refractivity contribution in [2.45, 2.75) is 51.0 Å². The van der Waals surface area contributed by atoms with Crippen molar-refractivity contribution in [1.29, 1.82) is 0 Å². The SMILES string of the molecule is CC(C1OCCC(c2noc3cc(F)ccc23)O1)N1CCCCC1.O=C(O)C=CC(=O)O. The number of halogens is 1. The average molecular weight is 450 g/mol. The maximum atomic E-state index is 13.3. The Kier molecular flexibility index (Phi) is 8.32. The summed E-state index contributed by atoms with van der Waals surface area (Å²) < 4.78 is 30.7. The highest BCUT2D eigenvalue weighted by molar-refractivity contribution is 5.89. The molecular weight excluding hydrogens is 423 g/mol. The van der Waals surface area contributed by atoms with E-state index in [1.807, 2.05) is 0 Å². The fourth-order valence-corrected chi connectivity index (χ4v) is 3.82. The molecule has 2 N–H and O–H groups in total. The third kappa shape index (κ3) is 6.35. The quantitative estimate of drug-likeness (QED) is 0.660. The average Bonchev–Trinajstić information content (AvgIpc) is 3.21. The topological polar surface area (TPSA) is 122 Å². The van der Waals surface area contributed by atoms with Gasteiger partial charge in [0.05, 0.1) is 12.6 Å². The van der Waals surface area contributed by atoms with Gasteiger partial charge in [-0.3, -0.25) is 4.90 Å². The first-order valence-corrected chi connectivity index (χ1v) is 10.5. The van der Waals surface area contributed by atoms with E-state index < -0.39 is 11.9 Å². The van der Waals surface area contributed by atoms with Gasteiger partial charge >= 0.3 is 11.9 Å². The number of likely N-dealkylation sites (tertiary alicyclic amines) is 1. The Balaban J connectivity index is 0.000000312. The number of rotatable bonds is 5. The largest absolute Gasteiger partial charge is 0.478 e. The first-order chi connectivity index (χ1) is 15.3. The van der Waals surface area contributed by atoms with Crippen molar-refractivity contribution >= 4 is 22.9 Å². The number of carboxylic acids is 2. The van der Waals surface area contributed by atoms with E-state index >= 15 is 0 Å². The van der Waals surface area contributed by atoms with Crippen molar-refractivity contribution in [2.75, 3.05) is 19.7 Å². The summed E-state index contributed by atoms with van der Waals surface area (Å²) in [6.45, 7) is 4.99. The number of ether oxygens (including phenoxy) is 2. The van der Waals surface area contributed by atoms with Crippen molar-refractivity contribution in [3.8, 4) is 0 Å². The number of carbonyl (C=O) groups is 2. The van der Waals surface area contributed by atoms with Crippen LogP contribution in [0.5, 0.6) is 0 Å². The number of hydrogen-bond acceptors (Lipinski definition) is 7. The van der Waals surface area contributed by atoms with Gasteiger partial charge in [-0.25, -0.2) is 14.0 Å². The molecule has 0 bridgehead atoms. The number of hydrogen-bond donors (Lipinski definition) is 2. The molecule has 2 fully saturated rings. The van der Waals surface area contributed by atoms with Gasteiger partial charge in [0.2, 0.25) is 0 Å². The van der Waals surface area contributed by atoms with E-state index in [1.54, 1.807) is 6.07 Å². The molecule has 1 aromatic heterocycles. The summed E-state index contributed by atoms with van der Waals surface area (Å²) in [4.78, 5) is 21.5. The van der Waals surface area contributed by atoms with E-state index in [0.717, 1.165) is 30.6 Å². The minimum absolute atomic E-state index is 0.178. The minimum atomic E-state index is -1.26. The molecular formula is C22H27FN2O7. The van der Waals surface area contributed by atoms with Crippen LogP contribution in [-0.2, 0) is 19.1 Å². The van der Waals surface area contributed by atoms with Crippen LogP contribution in [0.25, 0.3) is 11.0 Å². The van der Waals surface area contributed by atoms with Crippen molar-refractivity contribution < 1.29 is 38.2 Å². The lowest BCUT2D eigenvalue weighted by molar-refractivity contribution is -0.240. The second kappa shape index (κ2) is 11.2. The summed E-state index contributed by atoms with van der Waals surface area (Å²) >= 11 is 0. The maximum absolute atomic E-state index is 13.3. The van der Waals surface area contributed by atoms with Crippen molar-refractivity contribution in [3.63, 3.8) is 0 Å². The van der Waals surface area contributed by atoms with Crippen LogP contribution in [0.1, 0.15) is 44.4 Å². The molecule has 2 aromatic rings. The Morgan fingerprint density at radius 2 is 1.88 bits per heavy atom. The fraction of sp³-hybridized carbons (Fsp3) is 0.500. The normalized spacial score (nSPS) is 22.9. The molecule has 3 unspecified atom stereocenters. The molecule has 0 saturated carbocycles. The van der Waals surface area contributed by atoms with Gasteiger partial charge in [0.15, 0.2) is 11.9 Å². The monoisotopic (exact) mass is 450 g/mol. The van der Waals surface area contributed by atoms with Crippen LogP contribution >= 0.6 is 0 Å². The summed E-state index contributed by atoms with van der Waals surface area (Å²) in [6, 6.07) is 4.71. The smallest absolute Gasteiger partial charge is 0.328 e. The zero-order chi connectivity index (χ0) is 23.1. The number of aliphatic carboxylic acids is 2. The highest BCUT2D eigenvalue weighted by Gasteiger charge is 2.34. The Morgan fingerprint density at radius 3 is 2.53 bits per heavy atom. The molecule has 0 aliphatic carbocycles. The minimum Gasteiger partial charge on any atom is -0.478 e. The van der Waals surface area contributed by atoms with Gasteiger partial charge in [0, 0.05) is 30.0 Å². The summed E-state index contributed by atoms with van der Waals surface area (Å²) in [6.07, 6.45) is 5.17. The lowest BCUT2D eigenvalue weighted by Gasteiger charge is -2.39. The fourth-order valence-electron chi connectivity index (χ4n) is 3.82. The number of benzene rings is 1. The Bertz CT molecular complexity index is 939. The highest BCUT2D eigenvalue weighted by Crippen LogP contribution is 2.33. The number of fused-ring (bicyclic) bond motifs is 1. The molecule has 174 valence electrons. The second-order valence-electron chi connectivity index (χ2n) is 7.71. The maximum Gasteiger partial charge on any atom is 0.328 e. The predicted octanol–water partition coefficient (Wildman–Crippen LogP) is 3.36. The van der Waals surface area contributed by atoms with Crippen molar-refractivity contribution in [1.82, 2.24) is 10.1 Å². The van der Waals surface area contributed by atoms with Crippen molar-refractivity contribution in [3.05, 3.63) is 41.9 Å². The standard InChI is InChI=1S/C18H23FN2O3.C4H4O4/c1-12(21-8-3-2-4-9-21)18-22-10-7-15(23-18)17-14-6-5-13(19)11-16(14)24-20-17;5-3(6)1-2-4(7)8/h5-6,11-12,15,18H,2-4,7-10H2,1H3;1-2H,(H,5,6)(H,7,8). The Hall–Kier alpha value is -2.82. The molecule has 2 saturated heterocycles. The summed E-state index contributed by atoms with van der Waals surface area (Å²) in [7, 11) is 0. The van der Waals surface area contributed by atoms with E-state index in [9.17, 15) is 14.0 Å². The highest BCUT2D eigenvalue weighted by atomic mass is 19.1. The van der Waals surface area contributed by atoms with Crippen LogP contribution in [0.4, 0.5) is 4.39 Å². The van der Waals surface area contributed by atoms with Crippen LogP contribution in [0.3, 0.4) is 0 Å². The summed E-state index contributed by atoms with van der Waals surface area (Å²) in [5.41, 5.74) is 1.20. The molecule has 3 heterocycles. The lowest BCUT2D eigenvalue weighted by atomic mass is 10.1. The van der Waals surface area contributed by atoms with Crippen LogP contribution in [0.15, 0.2) is 34.9 Å². The van der Waals surface area contributed by atoms with Crippen LogP contribution < -0.4 is 0 Å². The number of aromatic nitrogens is 1. The van der Waals surface area contributed by atoms with Crippen molar-refractivity contribution in [2.24, 2.45) is 0 Å². The number of carboxylic acid groups (broad SMARTS) is 2. The molecule has 32 heavy (non-hydrogen) atoms. The van der Waals surface area contributed by atoms with Crippen LogP contribution in [0.2, 0.25) is 0 Å².